The SMILES string of the molecule is CCOC(=O)Cn1cc(NC(=O)c2cccc3c2ccn3CCCCCCNCC2CCC(n3cc(NC(=O)c4cnn5ccc(N6C[C@H]7C[C@@H]6CO7)nc45)c(C(F)F)n3)CC2)ccc1=O. The molecule has 5 aromatic heterocycles. The van der Waals surface area contributed by atoms with Crippen molar-refractivity contribution in [2.45, 2.75) is 102 Å². The second kappa shape index (κ2) is 20.0. The van der Waals surface area contributed by atoms with Crippen LogP contribution < -0.4 is 26.4 Å². The molecule has 1 aliphatic carbocycles. The lowest BCUT2D eigenvalue weighted by Gasteiger charge is -2.29. The number of aryl methyl sites for hydroxylation is 1. The first-order valence-electron chi connectivity index (χ1n) is 23.0. The van der Waals surface area contributed by atoms with E-state index in [0.29, 0.717) is 29.4 Å². The van der Waals surface area contributed by atoms with Crippen LogP contribution in [0.5, 0.6) is 0 Å². The molecule has 2 bridgehead atoms. The molecule has 17 nitrogen and oxygen atoms in total. The summed E-state index contributed by atoms with van der Waals surface area (Å²) in [6, 6.07) is 12.5. The van der Waals surface area contributed by atoms with Crippen LogP contribution in [0.25, 0.3) is 16.6 Å². The van der Waals surface area contributed by atoms with E-state index < -0.39 is 24.0 Å². The third kappa shape index (κ3) is 9.86. The van der Waals surface area contributed by atoms with Crippen LogP contribution in [-0.4, -0.2) is 96.3 Å². The van der Waals surface area contributed by atoms with E-state index in [1.165, 1.54) is 39.8 Å². The summed E-state index contributed by atoms with van der Waals surface area (Å²) in [6.07, 6.45) is 14.1. The van der Waals surface area contributed by atoms with Crippen molar-refractivity contribution in [1.82, 2.24) is 38.8 Å². The third-order valence-corrected chi connectivity index (χ3v) is 13.0. The van der Waals surface area contributed by atoms with Crippen molar-refractivity contribution >= 4 is 51.5 Å². The molecule has 19 heteroatoms. The van der Waals surface area contributed by atoms with Gasteiger partial charge in [0.05, 0.1) is 49.0 Å². The number of nitrogens with zero attached hydrogens (tertiary/aromatic N) is 8. The topological polar surface area (TPSA) is 184 Å². The summed E-state index contributed by atoms with van der Waals surface area (Å²) in [5, 5.41) is 18.5. The summed E-state index contributed by atoms with van der Waals surface area (Å²) in [6.45, 7) is 5.69. The van der Waals surface area contributed by atoms with E-state index in [2.05, 4.69) is 35.6 Å². The van der Waals surface area contributed by atoms with E-state index >= 15 is 0 Å². The maximum absolute atomic E-state index is 14.2. The molecule has 0 spiro atoms. The van der Waals surface area contributed by atoms with Gasteiger partial charge in [0.1, 0.15) is 17.9 Å². The number of benzene rings is 1. The maximum atomic E-state index is 14.2. The highest BCUT2D eigenvalue weighted by molar-refractivity contribution is 6.12. The van der Waals surface area contributed by atoms with Crippen molar-refractivity contribution < 1.29 is 32.6 Å². The highest BCUT2D eigenvalue weighted by atomic mass is 19.3. The van der Waals surface area contributed by atoms with E-state index in [4.69, 9.17) is 14.5 Å². The Morgan fingerprint density at radius 2 is 1.74 bits per heavy atom. The first-order valence-corrected chi connectivity index (χ1v) is 23.0. The standard InChI is InChI=1S/C47H55F2N11O6/c1-2-65-42(62)28-57-25-31(12-15-41(57)61)52-46(63)36-8-7-9-39-35(36)16-20-56(39)19-6-4-3-5-18-50-23-30-10-13-32(14-11-30)60-27-38(43(55-60)44(48)49)53-47(64)37-24-51-59-21-17-40(54-45(37)59)58-26-34-22-33(58)29-66-34/h7-9,12,15-17,20-21,24-25,27,30,32-34,44,50H,2-6,10-11,13-14,18-19,22-23,26,28-29H2,1H3,(H,52,63)(H,53,64)/t30?,32?,33-,34-/m1/s1. The number of carbonyl (C=O) groups is 3. The number of halogens is 2. The van der Waals surface area contributed by atoms with Crippen molar-refractivity contribution in [1.29, 1.82) is 0 Å². The number of ether oxygens (including phenoxy) is 2. The average molecular weight is 908 g/mol. The molecule has 0 radical (unpaired) electrons. The van der Waals surface area contributed by atoms with E-state index in [9.17, 15) is 28.0 Å². The van der Waals surface area contributed by atoms with Gasteiger partial charge in [-0.3, -0.25) is 23.9 Å². The van der Waals surface area contributed by atoms with Gasteiger partial charge in [-0.15, -0.1) is 0 Å². The third-order valence-electron chi connectivity index (χ3n) is 13.0. The Labute approximate surface area is 379 Å². The Morgan fingerprint density at radius 3 is 2.53 bits per heavy atom. The summed E-state index contributed by atoms with van der Waals surface area (Å²) in [7, 11) is 0. The van der Waals surface area contributed by atoms with Crippen molar-refractivity contribution in [2.75, 3.05) is 48.4 Å². The predicted octanol–water partition coefficient (Wildman–Crippen LogP) is 6.61. The Morgan fingerprint density at radius 1 is 0.909 bits per heavy atom. The number of unbranched alkanes of at least 4 members (excludes halogenated alkanes) is 3. The fraction of sp³-hybridized carbons (Fsp3) is 0.468. The summed E-state index contributed by atoms with van der Waals surface area (Å²) < 4.78 is 45.7. The molecule has 2 amide bonds. The summed E-state index contributed by atoms with van der Waals surface area (Å²) in [4.78, 5) is 57.9. The highest BCUT2D eigenvalue weighted by Gasteiger charge is 2.40. The number of carbonyl (C=O) groups excluding carboxylic acids is 3. The Balaban J connectivity index is 0.692. The minimum atomic E-state index is -2.86. The molecule has 1 saturated carbocycles. The fourth-order valence-corrected chi connectivity index (χ4v) is 9.59. The lowest BCUT2D eigenvalue weighted by Crippen LogP contribution is -2.37. The number of morpholine rings is 1. The van der Waals surface area contributed by atoms with Gasteiger partial charge in [0.15, 0.2) is 11.3 Å². The van der Waals surface area contributed by atoms with Crippen LogP contribution in [0.2, 0.25) is 0 Å². The zero-order chi connectivity index (χ0) is 45.7. The number of fused-ring (bicyclic) bond motifs is 4. The van der Waals surface area contributed by atoms with E-state index in [-0.39, 0.29) is 54.1 Å². The Kier molecular flexibility index (Phi) is 13.5. The molecule has 1 aromatic carbocycles. The predicted molar refractivity (Wildman–Crippen MR) is 243 cm³/mol. The first-order chi connectivity index (χ1) is 32.1. The average Bonchev–Trinajstić information content (AvgIpc) is 4.18. The lowest BCUT2D eigenvalue weighted by atomic mass is 9.86. The Bertz CT molecular complexity index is 2760. The van der Waals surface area contributed by atoms with Crippen LogP contribution >= 0.6 is 0 Å². The normalized spacial score (nSPS) is 19.3. The zero-order valence-corrected chi connectivity index (χ0v) is 36.9. The number of aromatic nitrogens is 7. The smallest absolute Gasteiger partial charge is 0.326 e. The zero-order valence-electron chi connectivity index (χ0n) is 36.9. The van der Waals surface area contributed by atoms with Crippen LogP contribution in [0.1, 0.15) is 104 Å². The second-order valence-corrected chi connectivity index (χ2v) is 17.5. The van der Waals surface area contributed by atoms with Crippen LogP contribution in [0, 0.1) is 5.92 Å². The molecule has 7 heterocycles. The van der Waals surface area contributed by atoms with Gasteiger partial charge in [0.25, 0.3) is 23.8 Å². The minimum Gasteiger partial charge on any atom is -0.465 e. The van der Waals surface area contributed by atoms with Crippen LogP contribution in [0.3, 0.4) is 0 Å². The number of amides is 2. The molecule has 2 atom stereocenters. The molecule has 0 unspecified atom stereocenters. The van der Waals surface area contributed by atoms with Crippen LogP contribution in [0.4, 0.5) is 26.0 Å². The molecule has 3 fully saturated rings. The fourth-order valence-electron chi connectivity index (χ4n) is 9.59. The van der Waals surface area contributed by atoms with Gasteiger partial charge in [0, 0.05) is 60.4 Å². The van der Waals surface area contributed by atoms with Crippen molar-refractivity contribution in [3.8, 4) is 0 Å². The number of esters is 1. The Hall–Kier alpha value is -6.47. The molecule has 66 heavy (non-hydrogen) atoms. The van der Waals surface area contributed by atoms with Gasteiger partial charge in [-0.2, -0.15) is 10.2 Å². The molecule has 2 aliphatic heterocycles. The first kappa shape index (κ1) is 44.7. The van der Waals surface area contributed by atoms with Gasteiger partial charge in [-0.05, 0) is 101 Å². The van der Waals surface area contributed by atoms with Gasteiger partial charge >= 0.3 is 5.97 Å². The van der Waals surface area contributed by atoms with Crippen molar-refractivity contribution in [3.05, 3.63) is 101 Å². The van der Waals surface area contributed by atoms with Gasteiger partial charge in [-0.25, -0.2) is 18.3 Å². The second-order valence-electron chi connectivity index (χ2n) is 17.5. The molecule has 3 aliphatic rings. The summed E-state index contributed by atoms with van der Waals surface area (Å²) in [5.74, 6) is -0.193. The molecular weight excluding hydrogens is 853 g/mol. The van der Waals surface area contributed by atoms with E-state index in [0.717, 1.165) is 101 Å². The quantitative estimate of drug-likeness (QED) is 0.0588. The molecule has 3 N–H and O–H groups in total. The lowest BCUT2D eigenvalue weighted by molar-refractivity contribution is -0.143. The molecule has 9 rings (SSSR count). The maximum Gasteiger partial charge on any atom is 0.326 e. The minimum absolute atomic E-state index is 0.00533. The number of rotatable bonds is 19. The van der Waals surface area contributed by atoms with Crippen LogP contribution in [-0.2, 0) is 27.4 Å². The number of pyridine rings is 1. The highest BCUT2D eigenvalue weighted by Crippen LogP contribution is 2.36. The van der Waals surface area contributed by atoms with Crippen molar-refractivity contribution in [3.63, 3.8) is 0 Å². The largest absolute Gasteiger partial charge is 0.465 e. The molecule has 348 valence electrons. The molecular formula is C47H55F2N11O6. The number of hydrogen-bond donors (Lipinski definition) is 3. The van der Waals surface area contributed by atoms with Crippen LogP contribution in [0.15, 0.2) is 78.2 Å². The van der Waals surface area contributed by atoms with E-state index in [1.807, 2.05) is 30.5 Å². The number of anilines is 3. The van der Waals surface area contributed by atoms with Gasteiger partial charge < -0.3 is 39.5 Å². The van der Waals surface area contributed by atoms with Crippen molar-refractivity contribution in [2.24, 2.45) is 5.92 Å². The molecule has 6 aromatic rings. The number of alkyl halides is 2. The monoisotopic (exact) mass is 907 g/mol. The van der Waals surface area contributed by atoms with Gasteiger partial charge in [-0.1, -0.05) is 18.9 Å². The molecule has 2 saturated heterocycles. The number of hydrogen-bond acceptors (Lipinski definition) is 11. The summed E-state index contributed by atoms with van der Waals surface area (Å²) in [5.41, 5.74) is 1.60. The van der Waals surface area contributed by atoms with E-state index in [1.54, 1.807) is 23.9 Å². The van der Waals surface area contributed by atoms with Gasteiger partial charge in [0.2, 0.25) is 0 Å². The number of nitrogens with one attached hydrogen (secondary N) is 3. The summed E-state index contributed by atoms with van der Waals surface area (Å²) >= 11 is 0.